The van der Waals surface area contributed by atoms with Gasteiger partial charge in [-0.25, -0.2) is 4.79 Å². The Morgan fingerprint density at radius 2 is 2.12 bits per heavy atom. The highest BCUT2D eigenvalue weighted by Crippen LogP contribution is 2.10. The summed E-state index contributed by atoms with van der Waals surface area (Å²) in [4.78, 5) is 16.6. The normalized spacial score (nSPS) is 19.8. The van der Waals surface area contributed by atoms with Crippen LogP contribution in [0.3, 0.4) is 0 Å². The SMILES string of the molecule is C[C@@H]1CCOCCN1C(=O)NCC[C@H](C)N(C)Cc1ccccc1. The van der Waals surface area contributed by atoms with Crippen LogP contribution in [0.2, 0.25) is 0 Å². The largest absolute Gasteiger partial charge is 0.380 e. The molecule has 0 unspecified atom stereocenters. The topological polar surface area (TPSA) is 44.8 Å². The van der Waals surface area contributed by atoms with Crippen molar-refractivity contribution in [2.45, 2.75) is 45.3 Å². The Hall–Kier alpha value is -1.59. The van der Waals surface area contributed by atoms with Gasteiger partial charge in [-0.1, -0.05) is 30.3 Å². The van der Waals surface area contributed by atoms with Gasteiger partial charge in [-0.05, 0) is 39.3 Å². The Bertz CT molecular complexity index is 495. The molecule has 0 aliphatic carbocycles. The Labute approximate surface area is 146 Å². The number of urea groups is 1. The van der Waals surface area contributed by atoms with Crippen LogP contribution in [0.5, 0.6) is 0 Å². The summed E-state index contributed by atoms with van der Waals surface area (Å²) in [5.41, 5.74) is 1.31. The number of carbonyl (C=O) groups excluding carboxylic acids is 1. The molecular formula is C19H31N3O2. The van der Waals surface area contributed by atoms with E-state index in [2.05, 4.69) is 55.4 Å². The first-order valence-electron chi connectivity index (χ1n) is 8.94. The van der Waals surface area contributed by atoms with E-state index in [-0.39, 0.29) is 12.1 Å². The number of carbonyl (C=O) groups is 1. The van der Waals surface area contributed by atoms with Crippen LogP contribution in [0.1, 0.15) is 32.3 Å². The summed E-state index contributed by atoms with van der Waals surface area (Å²) in [6.45, 7) is 7.97. The molecule has 0 aromatic heterocycles. The summed E-state index contributed by atoms with van der Waals surface area (Å²) in [7, 11) is 2.13. The minimum atomic E-state index is 0.0333. The Balaban J connectivity index is 1.71. The lowest BCUT2D eigenvalue weighted by Gasteiger charge is -2.28. The summed E-state index contributed by atoms with van der Waals surface area (Å²) in [5, 5.41) is 3.06. The van der Waals surface area contributed by atoms with Crippen molar-refractivity contribution < 1.29 is 9.53 Å². The smallest absolute Gasteiger partial charge is 0.317 e. The van der Waals surface area contributed by atoms with Crippen LogP contribution in [-0.2, 0) is 11.3 Å². The molecule has 5 nitrogen and oxygen atoms in total. The number of nitrogens with zero attached hydrogens (tertiary/aromatic N) is 2. The second-order valence-corrected chi connectivity index (χ2v) is 6.71. The molecule has 134 valence electrons. The molecule has 1 heterocycles. The number of nitrogens with one attached hydrogen (secondary N) is 1. The van der Waals surface area contributed by atoms with E-state index in [4.69, 9.17) is 4.74 Å². The van der Waals surface area contributed by atoms with E-state index in [0.29, 0.717) is 25.7 Å². The molecule has 0 radical (unpaired) electrons. The van der Waals surface area contributed by atoms with Crippen LogP contribution < -0.4 is 5.32 Å². The van der Waals surface area contributed by atoms with Crippen molar-refractivity contribution in [2.75, 3.05) is 33.4 Å². The van der Waals surface area contributed by atoms with Gasteiger partial charge in [-0.3, -0.25) is 4.90 Å². The van der Waals surface area contributed by atoms with E-state index in [1.807, 2.05) is 11.0 Å². The van der Waals surface area contributed by atoms with Gasteiger partial charge >= 0.3 is 6.03 Å². The molecule has 1 aromatic rings. The van der Waals surface area contributed by atoms with Gasteiger partial charge in [0.25, 0.3) is 0 Å². The van der Waals surface area contributed by atoms with Gasteiger partial charge in [0.05, 0.1) is 6.61 Å². The van der Waals surface area contributed by atoms with Gasteiger partial charge in [0.2, 0.25) is 0 Å². The third-order valence-electron chi connectivity index (χ3n) is 4.81. The Morgan fingerprint density at radius 3 is 2.88 bits per heavy atom. The van der Waals surface area contributed by atoms with Crippen molar-refractivity contribution in [2.24, 2.45) is 0 Å². The predicted octanol–water partition coefficient (Wildman–Crippen LogP) is 2.72. The van der Waals surface area contributed by atoms with Crippen molar-refractivity contribution in [3.05, 3.63) is 35.9 Å². The van der Waals surface area contributed by atoms with Gasteiger partial charge in [0, 0.05) is 38.3 Å². The average molecular weight is 333 g/mol. The maximum Gasteiger partial charge on any atom is 0.317 e. The number of amides is 2. The van der Waals surface area contributed by atoms with E-state index in [9.17, 15) is 4.79 Å². The van der Waals surface area contributed by atoms with Gasteiger partial charge < -0.3 is 15.0 Å². The minimum Gasteiger partial charge on any atom is -0.380 e. The van der Waals surface area contributed by atoms with E-state index in [0.717, 1.165) is 26.0 Å². The third kappa shape index (κ3) is 5.80. The number of ether oxygens (including phenoxy) is 1. The molecule has 1 aliphatic heterocycles. The standard InChI is InChI=1S/C19H31N3O2/c1-16(21(3)15-18-7-5-4-6-8-18)9-11-20-19(23)22-12-14-24-13-10-17(22)2/h4-8,16-17H,9-15H2,1-3H3,(H,20,23)/t16-,17+/m0/s1. The molecular weight excluding hydrogens is 302 g/mol. The molecule has 2 amide bonds. The lowest BCUT2D eigenvalue weighted by Crippen LogP contribution is -2.46. The highest BCUT2D eigenvalue weighted by molar-refractivity contribution is 5.74. The van der Waals surface area contributed by atoms with Crippen LogP contribution in [0.15, 0.2) is 30.3 Å². The molecule has 2 atom stereocenters. The fourth-order valence-electron chi connectivity index (χ4n) is 2.93. The lowest BCUT2D eigenvalue weighted by atomic mass is 10.1. The first-order chi connectivity index (χ1) is 11.6. The van der Waals surface area contributed by atoms with Gasteiger partial charge in [-0.15, -0.1) is 0 Å². The number of hydrogen-bond acceptors (Lipinski definition) is 3. The summed E-state index contributed by atoms with van der Waals surface area (Å²) >= 11 is 0. The number of benzene rings is 1. The summed E-state index contributed by atoms with van der Waals surface area (Å²) < 4.78 is 5.45. The van der Waals surface area contributed by atoms with E-state index in [1.54, 1.807) is 0 Å². The van der Waals surface area contributed by atoms with Crippen LogP contribution in [0.25, 0.3) is 0 Å². The van der Waals surface area contributed by atoms with Crippen molar-refractivity contribution >= 4 is 6.03 Å². The van der Waals surface area contributed by atoms with E-state index in [1.165, 1.54) is 5.56 Å². The lowest BCUT2D eigenvalue weighted by molar-refractivity contribution is 0.141. The summed E-state index contributed by atoms with van der Waals surface area (Å²) in [6, 6.07) is 11.2. The fraction of sp³-hybridized carbons (Fsp3) is 0.632. The quantitative estimate of drug-likeness (QED) is 0.870. The first-order valence-corrected chi connectivity index (χ1v) is 8.94. The molecule has 5 heteroatoms. The molecule has 0 spiro atoms. The van der Waals surface area contributed by atoms with Crippen molar-refractivity contribution in [1.29, 1.82) is 0 Å². The Kier molecular flexibility index (Phi) is 7.53. The van der Waals surface area contributed by atoms with Crippen molar-refractivity contribution in [3.8, 4) is 0 Å². The number of rotatable bonds is 6. The first kappa shape index (κ1) is 18.7. The predicted molar refractivity (Wildman–Crippen MR) is 97.0 cm³/mol. The zero-order valence-electron chi connectivity index (χ0n) is 15.2. The second-order valence-electron chi connectivity index (χ2n) is 6.71. The molecule has 24 heavy (non-hydrogen) atoms. The molecule has 2 rings (SSSR count). The highest BCUT2D eigenvalue weighted by atomic mass is 16.5. The molecule has 1 saturated heterocycles. The molecule has 0 bridgehead atoms. The maximum absolute atomic E-state index is 12.3. The Morgan fingerprint density at radius 1 is 1.38 bits per heavy atom. The summed E-state index contributed by atoms with van der Waals surface area (Å²) in [6.07, 6.45) is 1.84. The fourth-order valence-corrected chi connectivity index (χ4v) is 2.93. The number of hydrogen-bond donors (Lipinski definition) is 1. The molecule has 1 aliphatic rings. The molecule has 0 saturated carbocycles. The van der Waals surface area contributed by atoms with Crippen LogP contribution in [0, 0.1) is 0 Å². The van der Waals surface area contributed by atoms with E-state index < -0.39 is 0 Å². The van der Waals surface area contributed by atoms with Gasteiger partial charge in [0.15, 0.2) is 0 Å². The third-order valence-corrected chi connectivity index (χ3v) is 4.81. The minimum absolute atomic E-state index is 0.0333. The van der Waals surface area contributed by atoms with Gasteiger partial charge in [-0.2, -0.15) is 0 Å². The van der Waals surface area contributed by atoms with Gasteiger partial charge in [0.1, 0.15) is 0 Å². The highest BCUT2D eigenvalue weighted by Gasteiger charge is 2.22. The second kappa shape index (κ2) is 9.64. The zero-order chi connectivity index (χ0) is 17.4. The van der Waals surface area contributed by atoms with E-state index >= 15 is 0 Å². The molecule has 1 aromatic carbocycles. The summed E-state index contributed by atoms with van der Waals surface area (Å²) in [5.74, 6) is 0. The van der Waals surface area contributed by atoms with Crippen LogP contribution in [0.4, 0.5) is 4.79 Å². The zero-order valence-corrected chi connectivity index (χ0v) is 15.2. The van der Waals surface area contributed by atoms with Crippen molar-refractivity contribution in [1.82, 2.24) is 15.1 Å². The van der Waals surface area contributed by atoms with Crippen molar-refractivity contribution in [3.63, 3.8) is 0 Å². The average Bonchev–Trinajstić information content (AvgIpc) is 2.80. The van der Waals surface area contributed by atoms with Crippen LogP contribution >= 0.6 is 0 Å². The monoisotopic (exact) mass is 333 g/mol. The molecule has 1 fully saturated rings. The van der Waals surface area contributed by atoms with Crippen LogP contribution in [-0.4, -0.2) is 61.3 Å². The maximum atomic E-state index is 12.3. The molecule has 1 N–H and O–H groups in total.